The Labute approximate surface area is 77.7 Å². The SMILES string of the molecule is C#CCN(C)S(=O)(=O)CC(=O)OC. The molecule has 0 radical (unpaired) electrons. The number of ether oxygens (including phenoxy) is 1. The lowest BCUT2D eigenvalue weighted by molar-refractivity contribution is -0.137. The average molecular weight is 205 g/mol. The van der Waals surface area contributed by atoms with Crippen LogP contribution in [0.2, 0.25) is 0 Å². The van der Waals surface area contributed by atoms with Crippen LogP contribution >= 0.6 is 0 Å². The highest BCUT2D eigenvalue weighted by Crippen LogP contribution is 1.97. The summed E-state index contributed by atoms with van der Waals surface area (Å²) >= 11 is 0. The molecule has 0 aromatic heterocycles. The summed E-state index contributed by atoms with van der Waals surface area (Å²) in [5.41, 5.74) is 0. The van der Waals surface area contributed by atoms with Crippen molar-refractivity contribution in [3.63, 3.8) is 0 Å². The molecule has 0 saturated carbocycles. The molecule has 0 fully saturated rings. The van der Waals surface area contributed by atoms with Crippen molar-refractivity contribution in [1.82, 2.24) is 4.31 Å². The van der Waals surface area contributed by atoms with Gasteiger partial charge in [0.15, 0.2) is 5.75 Å². The number of terminal acetylenes is 1. The quantitative estimate of drug-likeness (QED) is 0.438. The summed E-state index contributed by atoms with van der Waals surface area (Å²) in [6.45, 7) is -0.0562. The molecule has 0 unspecified atom stereocenters. The van der Waals surface area contributed by atoms with Crippen molar-refractivity contribution in [2.24, 2.45) is 0 Å². The molecule has 0 rings (SSSR count). The number of esters is 1. The number of hydrogen-bond acceptors (Lipinski definition) is 4. The van der Waals surface area contributed by atoms with Crippen LogP contribution in [-0.2, 0) is 19.6 Å². The molecule has 0 aromatic rings. The lowest BCUT2D eigenvalue weighted by Gasteiger charge is -2.12. The minimum Gasteiger partial charge on any atom is -0.468 e. The number of hydrogen-bond donors (Lipinski definition) is 0. The highest BCUT2D eigenvalue weighted by Gasteiger charge is 2.21. The first-order valence-electron chi connectivity index (χ1n) is 3.38. The number of nitrogens with zero attached hydrogens (tertiary/aromatic N) is 1. The topological polar surface area (TPSA) is 63.7 Å². The molecule has 0 atom stereocenters. The molecule has 5 nitrogen and oxygen atoms in total. The zero-order valence-corrected chi connectivity index (χ0v) is 8.30. The van der Waals surface area contributed by atoms with Crippen LogP contribution in [0.3, 0.4) is 0 Å². The summed E-state index contributed by atoms with van der Waals surface area (Å²) in [4.78, 5) is 10.7. The molecule has 6 heteroatoms. The molecule has 0 spiro atoms. The Kier molecular flexibility index (Phi) is 4.45. The summed E-state index contributed by atoms with van der Waals surface area (Å²) in [5.74, 6) is 0.679. The standard InChI is InChI=1S/C7H11NO4S/c1-4-5-8(2)13(10,11)6-7(9)12-3/h1H,5-6H2,2-3H3. The predicted octanol–water partition coefficient (Wildman–Crippen LogP) is -0.946. The molecule has 0 heterocycles. The predicted molar refractivity (Wildman–Crippen MR) is 47.3 cm³/mol. The number of carbonyl (C=O) groups is 1. The maximum Gasteiger partial charge on any atom is 0.322 e. The molecule has 0 N–H and O–H groups in total. The van der Waals surface area contributed by atoms with E-state index in [0.717, 1.165) is 11.4 Å². The molecular weight excluding hydrogens is 194 g/mol. The fourth-order valence-corrected chi connectivity index (χ4v) is 1.45. The normalized spacial score (nSPS) is 10.9. The van der Waals surface area contributed by atoms with Gasteiger partial charge in [-0.1, -0.05) is 5.92 Å². The minimum atomic E-state index is -3.62. The number of methoxy groups -OCH3 is 1. The first kappa shape index (κ1) is 11.9. The van der Waals surface area contributed by atoms with Crippen LogP contribution < -0.4 is 0 Å². The molecule has 0 aliphatic carbocycles. The molecule has 0 amide bonds. The Hall–Kier alpha value is -1.06. The highest BCUT2D eigenvalue weighted by molar-refractivity contribution is 7.89. The zero-order valence-electron chi connectivity index (χ0n) is 7.48. The molecular formula is C7H11NO4S. The van der Waals surface area contributed by atoms with Gasteiger partial charge in [-0.2, -0.15) is 4.31 Å². The van der Waals surface area contributed by atoms with Gasteiger partial charge in [0, 0.05) is 7.05 Å². The second kappa shape index (κ2) is 4.84. The number of sulfonamides is 1. The van der Waals surface area contributed by atoms with Crippen molar-refractivity contribution in [3.8, 4) is 12.3 Å². The van der Waals surface area contributed by atoms with Gasteiger partial charge in [-0.05, 0) is 0 Å². The maximum atomic E-state index is 11.2. The van der Waals surface area contributed by atoms with Crippen molar-refractivity contribution in [3.05, 3.63) is 0 Å². The van der Waals surface area contributed by atoms with Crippen LogP contribution in [0.5, 0.6) is 0 Å². The van der Waals surface area contributed by atoms with Crippen LogP contribution in [0, 0.1) is 12.3 Å². The van der Waals surface area contributed by atoms with E-state index in [1.165, 1.54) is 7.05 Å². The summed E-state index contributed by atoms with van der Waals surface area (Å²) in [7, 11) is -1.19. The van der Waals surface area contributed by atoms with Gasteiger partial charge in [0.1, 0.15) is 0 Å². The monoisotopic (exact) mass is 205 g/mol. The first-order valence-corrected chi connectivity index (χ1v) is 4.99. The third-order valence-corrected chi connectivity index (χ3v) is 3.00. The Bertz CT molecular complexity index is 314. The van der Waals surface area contributed by atoms with Crippen molar-refractivity contribution >= 4 is 16.0 Å². The third kappa shape index (κ3) is 3.92. The van der Waals surface area contributed by atoms with E-state index in [0.29, 0.717) is 0 Å². The van der Waals surface area contributed by atoms with Gasteiger partial charge in [0.05, 0.1) is 13.7 Å². The Morgan fingerprint density at radius 1 is 1.62 bits per heavy atom. The zero-order chi connectivity index (χ0) is 10.5. The van der Waals surface area contributed by atoms with Crippen LogP contribution in [0.25, 0.3) is 0 Å². The van der Waals surface area contributed by atoms with Crippen molar-refractivity contribution in [2.75, 3.05) is 26.5 Å². The fraction of sp³-hybridized carbons (Fsp3) is 0.571. The molecule has 0 aliphatic rings. The minimum absolute atomic E-state index is 0.0562. The molecule has 0 saturated heterocycles. The third-order valence-electron chi connectivity index (χ3n) is 1.32. The van der Waals surface area contributed by atoms with Crippen molar-refractivity contribution in [1.29, 1.82) is 0 Å². The van der Waals surface area contributed by atoms with Gasteiger partial charge in [0.2, 0.25) is 10.0 Å². The van der Waals surface area contributed by atoms with Gasteiger partial charge in [-0.25, -0.2) is 8.42 Å². The van der Waals surface area contributed by atoms with Gasteiger partial charge in [-0.15, -0.1) is 6.42 Å². The number of rotatable bonds is 4. The van der Waals surface area contributed by atoms with Crippen molar-refractivity contribution < 1.29 is 17.9 Å². The van der Waals surface area contributed by atoms with Crippen LogP contribution in [-0.4, -0.2) is 45.1 Å². The largest absolute Gasteiger partial charge is 0.468 e. The summed E-state index contributed by atoms with van der Waals surface area (Å²) in [6.07, 6.45) is 4.92. The van der Waals surface area contributed by atoms with E-state index >= 15 is 0 Å². The van der Waals surface area contributed by atoms with Crippen molar-refractivity contribution in [2.45, 2.75) is 0 Å². The summed E-state index contributed by atoms with van der Waals surface area (Å²) < 4.78 is 27.6. The molecule has 0 aromatic carbocycles. The second-order valence-corrected chi connectivity index (χ2v) is 4.37. The van der Waals surface area contributed by atoms with Crippen LogP contribution in [0.4, 0.5) is 0 Å². The summed E-state index contributed by atoms with van der Waals surface area (Å²) in [6, 6.07) is 0. The summed E-state index contributed by atoms with van der Waals surface area (Å²) in [5, 5.41) is 0. The molecule has 0 aliphatic heterocycles. The van der Waals surface area contributed by atoms with Gasteiger partial charge < -0.3 is 4.74 Å². The van der Waals surface area contributed by atoms with E-state index in [2.05, 4.69) is 10.7 Å². The van der Waals surface area contributed by atoms with E-state index in [4.69, 9.17) is 6.42 Å². The number of carbonyl (C=O) groups excluding carboxylic acids is 1. The second-order valence-electron chi connectivity index (χ2n) is 2.29. The van der Waals surface area contributed by atoms with Gasteiger partial charge in [0.25, 0.3) is 0 Å². The average Bonchev–Trinajstić information content (AvgIpc) is 2.04. The smallest absolute Gasteiger partial charge is 0.322 e. The van der Waals surface area contributed by atoms with Gasteiger partial charge >= 0.3 is 5.97 Å². The first-order chi connectivity index (χ1) is 5.94. The highest BCUT2D eigenvalue weighted by atomic mass is 32.2. The fourth-order valence-electron chi connectivity index (χ4n) is 0.545. The Morgan fingerprint density at radius 3 is 2.54 bits per heavy atom. The van der Waals surface area contributed by atoms with Crippen LogP contribution in [0.15, 0.2) is 0 Å². The lowest BCUT2D eigenvalue weighted by atomic mass is 10.7. The lowest BCUT2D eigenvalue weighted by Crippen LogP contribution is -2.32. The Balaban J connectivity index is 4.42. The van der Waals surface area contributed by atoms with Crippen LogP contribution in [0.1, 0.15) is 0 Å². The molecule has 0 bridgehead atoms. The van der Waals surface area contributed by atoms with Gasteiger partial charge in [-0.3, -0.25) is 4.79 Å². The van der Waals surface area contributed by atoms with E-state index in [1.54, 1.807) is 0 Å². The molecule has 13 heavy (non-hydrogen) atoms. The maximum absolute atomic E-state index is 11.2. The van der Waals surface area contributed by atoms with E-state index < -0.39 is 21.7 Å². The van der Waals surface area contributed by atoms with E-state index in [1.807, 2.05) is 0 Å². The Morgan fingerprint density at radius 2 is 2.15 bits per heavy atom. The molecule has 74 valence electrons. The van der Waals surface area contributed by atoms with E-state index in [-0.39, 0.29) is 6.54 Å². The van der Waals surface area contributed by atoms with E-state index in [9.17, 15) is 13.2 Å².